The van der Waals surface area contributed by atoms with Gasteiger partial charge in [0.2, 0.25) is 0 Å². The van der Waals surface area contributed by atoms with Gasteiger partial charge in [-0.15, -0.1) is 11.3 Å². The fourth-order valence-corrected chi connectivity index (χ4v) is 4.25. The molecular formula is C22H17N3OS. The third-order valence-corrected chi connectivity index (χ3v) is 5.74. The fourth-order valence-electron chi connectivity index (χ4n) is 3.33. The van der Waals surface area contributed by atoms with Gasteiger partial charge in [-0.05, 0) is 35.9 Å². The molecule has 1 unspecified atom stereocenters. The summed E-state index contributed by atoms with van der Waals surface area (Å²) in [5, 5.41) is 4.38. The fraction of sp³-hybridized carbons (Fsp3) is 0.0909. The predicted molar refractivity (Wildman–Crippen MR) is 111 cm³/mol. The summed E-state index contributed by atoms with van der Waals surface area (Å²) in [5.74, 6) is 1.66. The molecule has 0 spiro atoms. The molecule has 0 saturated heterocycles. The molecule has 1 atom stereocenters. The second kappa shape index (κ2) is 6.52. The molecule has 1 aromatic heterocycles. The zero-order valence-electron chi connectivity index (χ0n) is 14.7. The van der Waals surface area contributed by atoms with Crippen LogP contribution in [0.2, 0.25) is 0 Å². The Balaban J connectivity index is 1.62. The van der Waals surface area contributed by atoms with Crippen molar-refractivity contribution < 1.29 is 4.74 Å². The summed E-state index contributed by atoms with van der Waals surface area (Å²) < 4.78 is 6.46. The molecule has 3 aromatic carbocycles. The zero-order chi connectivity index (χ0) is 18.2. The zero-order valence-corrected chi connectivity index (χ0v) is 15.5. The summed E-state index contributed by atoms with van der Waals surface area (Å²) in [5.41, 5.74) is 4.36. The van der Waals surface area contributed by atoms with Crippen LogP contribution in [0.4, 0.5) is 5.69 Å². The van der Waals surface area contributed by atoms with E-state index in [0.29, 0.717) is 0 Å². The van der Waals surface area contributed by atoms with E-state index in [0.717, 1.165) is 43.6 Å². The third kappa shape index (κ3) is 2.86. The van der Waals surface area contributed by atoms with E-state index in [2.05, 4.69) is 41.7 Å². The topological polar surface area (TPSA) is 46.5 Å². The SMILES string of the molecule is COc1ccc(C2N=C(c3nc4ccccc4s3)Nc3ccccc32)cc1. The lowest BCUT2D eigenvalue weighted by molar-refractivity contribution is 0.414. The minimum absolute atomic E-state index is 0.0737. The molecule has 0 aliphatic carbocycles. The quantitative estimate of drug-likeness (QED) is 0.534. The summed E-state index contributed by atoms with van der Waals surface area (Å²) in [7, 11) is 1.68. The van der Waals surface area contributed by atoms with Crippen LogP contribution >= 0.6 is 11.3 Å². The third-order valence-electron chi connectivity index (χ3n) is 4.69. The van der Waals surface area contributed by atoms with Crippen LogP contribution in [0.3, 0.4) is 0 Å². The van der Waals surface area contributed by atoms with Crippen molar-refractivity contribution in [2.75, 3.05) is 12.4 Å². The van der Waals surface area contributed by atoms with Gasteiger partial charge in [-0.3, -0.25) is 4.99 Å². The first-order valence-electron chi connectivity index (χ1n) is 8.75. The number of para-hydroxylation sites is 2. The van der Waals surface area contributed by atoms with Gasteiger partial charge >= 0.3 is 0 Å². The first-order valence-corrected chi connectivity index (χ1v) is 9.57. The molecule has 0 saturated carbocycles. The van der Waals surface area contributed by atoms with Crippen molar-refractivity contribution in [1.29, 1.82) is 0 Å². The molecular weight excluding hydrogens is 354 g/mol. The minimum Gasteiger partial charge on any atom is -0.497 e. The Morgan fingerprint density at radius 2 is 1.70 bits per heavy atom. The van der Waals surface area contributed by atoms with E-state index in [4.69, 9.17) is 14.7 Å². The number of nitrogens with one attached hydrogen (secondary N) is 1. The number of benzene rings is 3. The van der Waals surface area contributed by atoms with Gasteiger partial charge in [-0.2, -0.15) is 0 Å². The summed E-state index contributed by atoms with van der Waals surface area (Å²) in [6.45, 7) is 0. The van der Waals surface area contributed by atoms with Crippen molar-refractivity contribution >= 4 is 33.1 Å². The Kier molecular flexibility index (Phi) is 3.87. The lowest BCUT2D eigenvalue weighted by Crippen LogP contribution is -2.21. The normalized spacial score (nSPS) is 15.7. The Hall–Kier alpha value is -3.18. The van der Waals surface area contributed by atoms with E-state index in [1.165, 1.54) is 0 Å². The van der Waals surface area contributed by atoms with Crippen LogP contribution in [0.15, 0.2) is 77.8 Å². The highest BCUT2D eigenvalue weighted by atomic mass is 32.1. The molecule has 0 radical (unpaired) electrons. The number of fused-ring (bicyclic) bond motifs is 2. The van der Waals surface area contributed by atoms with Gasteiger partial charge in [0.15, 0.2) is 10.8 Å². The molecule has 5 rings (SSSR count). The highest BCUT2D eigenvalue weighted by molar-refractivity contribution is 7.20. The molecule has 1 aliphatic rings. The molecule has 2 heterocycles. The number of thiazole rings is 1. The van der Waals surface area contributed by atoms with Crippen LogP contribution in [-0.2, 0) is 0 Å². The smallest absolute Gasteiger partial charge is 0.163 e. The summed E-state index contributed by atoms with van der Waals surface area (Å²) in [6, 6.07) is 24.5. The maximum atomic E-state index is 5.29. The van der Waals surface area contributed by atoms with Crippen LogP contribution in [0, 0.1) is 0 Å². The van der Waals surface area contributed by atoms with E-state index in [1.54, 1.807) is 18.4 Å². The summed E-state index contributed by atoms with van der Waals surface area (Å²) >= 11 is 1.66. The maximum absolute atomic E-state index is 5.29. The number of hydrogen-bond acceptors (Lipinski definition) is 5. The standard InChI is InChI=1S/C22H17N3OS/c1-26-15-12-10-14(11-13-15)20-16-6-2-3-7-17(16)23-21(25-20)22-24-18-8-4-5-9-19(18)27-22/h2-13,20H,1H3,(H,23,25). The Morgan fingerprint density at radius 1 is 0.926 bits per heavy atom. The first kappa shape index (κ1) is 16.0. The molecule has 0 bridgehead atoms. The van der Waals surface area contributed by atoms with Crippen LogP contribution in [0.1, 0.15) is 22.2 Å². The molecule has 1 N–H and O–H groups in total. The van der Waals surface area contributed by atoms with Crippen molar-refractivity contribution in [3.8, 4) is 5.75 Å². The average Bonchev–Trinajstić information content (AvgIpc) is 3.17. The first-order chi connectivity index (χ1) is 13.3. The van der Waals surface area contributed by atoms with Crippen LogP contribution in [0.25, 0.3) is 10.2 Å². The molecule has 4 nitrogen and oxygen atoms in total. The maximum Gasteiger partial charge on any atom is 0.163 e. The van der Waals surface area contributed by atoms with Gasteiger partial charge in [0.1, 0.15) is 11.8 Å². The van der Waals surface area contributed by atoms with Gasteiger partial charge in [0, 0.05) is 11.3 Å². The van der Waals surface area contributed by atoms with E-state index in [-0.39, 0.29) is 6.04 Å². The summed E-state index contributed by atoms with van der Waals surface area (Å²) in [4.78, 5) is 9.80. The van der Waals surface area contributed by atoms with Crippen molar-refractivity contribution in [2.24, 2.45) is 4.99 Å². The number of ether oxygens (including phenoxy) is 1. The van der Waals surface area contributed by atoms with Crippen molar-refractivity contribution in [3.05, 3.63) is 88.9 Å². The number of anilines is 1. The van der Waals surface area contributed by atoms with Gasteiger partial charge in [-0.25, -0.2) is 4.98 Å². The number of hydrogen-bond donors (Lipinski definition) is 1. The molecule has 4 aromatic rings. The summed E-state index contributed by atoms with van der Waals surface area (Å²) in [6.07, 6.45) is 0. The highest BCUT2D eigenvalue weighted by Crippen LogP contribution is 2.37. The van der Waals surface area contributed by atoms with Gasteiger partial charge in [-0.1, -0.05) is 42.5 Å². The Bertz CT molecular complexity index is 1110. The largest absolute Gasteiger partial charge is 0.497 e. The van der Waals surface area contributed by atoms with E-state index < -0.39 is 0 Å². The van der Waals surface area contributed by atoms with Crippen LogP contribution in [0.5, 0.6) is 5.75 Å². The lowest BCUT2D eigenvalue weighted by Gasteiger charge is -2.25. The van der Waals surface area contributed by atoms with Crippen LogP contribution < -0.4 is 10.1 Å². The number of rotatable bonds is 3. The average molecular weight is 371 g/mol. The molecule has 0 fully saturated rings. The minimum atomic E-state index is -0.0737. The second-order valence-corrected chi connectivity index (χ2v) is 7.38. The molecule has 132 valence electrons. The van der Waals surface area contributed by atoms with Crippen LogP contribution in [-0.4, -0.2) is 17.9 Å². The molecule has 5 heteroatoms. The number of amidine groups is 1. The van der Waals surface area contributed by atoms with Gasteiger partial charge < -0.3 is 10.1 Å². The molecule has 1 aliphatic heterocycles. The Labute approximate surface area is 161 Å². The molecule has 27 heavy (non-hydrogen) atoms. The van der Waals surface area contributed by atoms with E-state index >= 15 is 0 Å². The second-order valence-electron chi connectivity index (χ2n) is 6.35. The van der Waals surface area contributed by atoms with Crippen molar-refractivity contribution in [1.82, 2.24) is 4.98 Å². The monoisotopic (exact) mass is 371 g/mol. The predicted octanol–water partition coefficient (Wildman–Crippen LogP) is 5.27. The molecule has 0 amide bonds. The number of nitrogens with zero attached hydrogens (tertiary/aromatic N) is 2. The lowest BCUT2D eigenvalue weighted by atomic mass is 9.96. The van der Waals surface area contributed by atoms with Gasteiger partial charge in [0.05, 0.1) is 17.3 Å². The van der Waals surface area contributed by atoms with E-state index in [9.17, 15) is 0 Å². The van der Waals surface area contributed by atoms with E-state index in [1.807, 2.05) is 36.4 Å². The highest BCUT2D eigenvalue weighted by Gasteiger charge is 2.24. The van der Waals surface area contributed by atoms with Crippen molar-refractivity contribution in [3.63, 3.8) is 0 Å². The number of methoxy groups -OCH3 is 1. The number of aromatic nitrogens is 1. The van der Waals surface area contributed by atoms with Crippen molar-refractivity contribution in [2.45, 2.75) is 6.04 Å². The number of aliphatic imine (C=N–C) groups is 1. The Morgan fingerprint density at radius 3 is 2.52 bits per heavy atom. The van der Waals surface area contributed by atoms with Gasteiger partial charge in [0.25, 0.3) is 0 Å².